The Balaban J connectivity index is 4.66. The summed E-state index contributed by atoms with van der Waals surface area (Å²) in [6.07, 6.45) is 17.7. The van der Waals surface area contributed by atoms with Crippen LogP contribution in [0.5, 0.6) is 0 Å². The molecule has 0 radical (unpaired) electrons. The van der Waals surface area contributed by atoms with Gasteiger partial charge in [0.2, 0.25) is 0 Å². The number of unbranched alkanes of at least 4 members (excludes halogenated alkanes) is 17. The van der Waals surface area contributed by atoms with Crippen molar-refractivity contribution in [3.05, 3.63) is 0 Å². The van der Waals surface area contributed by atoms with Crippen LogP contribution in [0.15, 0.2) is 0 Å². The second kappa shape index (κ2) is 36.7. The fourth-order valence-corrected chi connectivity index (χ4v) is 7.13. The van der Waals surface area contributed by atoms with Gasteiger partial charge in [-0.15, -0.1) is 0 Å². The number of hydrogen-bond donors (Lipinski definition) is 3. The van der Waals surface area contributed by atoms with E-state index in [1.165, 1.54) is 70.6 Å². The molecule has 0 aliphatic carbocycles. The summed E-state index contributed by atoms with van der Waals surface area (Å²) in [7, 11) is -9.75. The lowest BCUT2D eigenvalue weighted by atomic mass is 10.0. The summed E-state index contributed by atoms with van der Waals surface area (Å²) in [6, 6.07) is 0. The molecule has 2 unspecified atom stereocenters. The number of carbonyl (C=O) groups excluding carboxylic acids is 4. The first-order valence-corrected chi connectivity index (χ1v) is 24.7. The second-order valence-electron chi connectivity index (χ2n) is 14.7. The number of esters is 4. The highest BCUT2D eigenvalue weighted by Gasteiger charge is 2.30. The number of phosphoric acid groups is 2. The fraction of sp³-hybridized carbons (Fsp3) is 0.900. The van der Waals surface area contributed by atoms with E-state index in [9.17, 15) is 43.2 Å². The first-order valence-electron chi connectivity index (χ1n) is 21.7. The Morgan fingerprint density at radius 1 is 0.441 bits per heavy atom. The molecule has 19 heteroatoms. The van der Waals surface area contributed by atoms with Crippen LogP contribution in [0.25, 0.3) is 0 Å². The zero-order chi connectivity index (χ0) is 44.2. The molecule has 0 aliphatic rings. The Labute approximate surface area is 352 Å². The van der Waals surface area contributed by atoms with Gasteiger partial charge >= 0.3 is 39.5 Å². The molecule has 0 aromatic rings. The summed E-state index contributed by atoms with van der Waals surface area (Å²) in [4.78, 5) is 68.2. The van der Waals surface area contributed by atoms with Crippen molar-refractivity contribution in [1.82, 2.24) is 0 Å². The molecule has 0 saturated carbocycles. The lowest BCUT2D eigenvalue weighted by molar-refractivity contribution is -0.161. The summed E-state index contributed by atoms with van der Waals surface area (Å²) >= 11 is 0. The maximum absolute atomic E-state index is 12.6. The molecular weight excluding hydrogens is 814 g/mol. The average Bonchev–Trinajstić information content (AvgIpc) is 3.19. The summed E-state index contributed by atoms with van der Waals surface area (Å²) in [5, 5.41) is 10.2. The van der Waals surface area contributed by atoms with E-state index in [-0.39, 0.29) is 19.3 Å². The van der Waals surface area contributed by atoms with Crippen LogP contribution in [-0.2, 0) is 65.4 Å². The van der Waals surface area contributed by atoms with E-state index in [2.05, 4.69) is 6.92 Å². The minimum Gasteiger partial charge on any atom is -0.462 e. The molecule has 0 aromatic heterocycles. The molecule has 0 aromatic carbocycles. The van der Waals surface area contributed by atoms with E-state index in [4.69, 9.17) is 37.0 Å². The molecule has 0 rings (SSSR count). The van der Waals surface area contributed by atoms with Crippen LogP contribution in [0.3, 0.4) is 0 Å². The molecule has 0 aliphatic heterocycles. The van der Waals surface area contributed by atoms with Gasteiger partial charge in [-0.3, -0.25) is 37.3 Å². The van der Waals surface area contributed by atoms with Crippen molar-refractivity contribution in [3.8, 4) is 0 Å². The second-order valence-corrected chi connectivity index (χ2v) is 17.7. The Hall–Kier alpha value is -1.94. The molecule has 0 saturated heterocycles. The maximum Gasteiger partial charge on any atom is 0.472 e. The first kappa shape index (κ1) is 57.1. The van der Waals surface area contributed by atoms with Gasteiger partial charge in [-0.2, -0.15) is 0 Å². The standard InChI is InChI=1S/C40H76O17P2/c1-5-8-11-12-13-14-15-16-17-18-19-20-21-22-24-26-39(44)51-31-37(57-40(45)27-23-9-6-2)33-55-59(48,49)53-29-35(42)28-52-58(46,47)54-32-36(56-34(4)41)30-50-38(43)25-10-7-3/h35-37,42H,5-33H2,1-4H3,(H,46,47)(H,48,49)/t35-,36-,37-/m1/s1. The number of phosphoric ester groups is 2. The van der Waals surface area contributed by atoms with E-state index in [1.807, 2.05) is 13.8 Å². The van der Waals surface area contributed by atoms with E-state index < -0.39 is 97.5 Å². The van der Waals surface area contributed by atoms with Gasteiger partial charge in [-0.1, -0.05) is 130 Å². The van der Waals surface area contributed by atoms with E-state index in [0.29, 0.717) is 19.3 Å². The first-order chi connectivity index (χ1) is 28.1. The molecular formula is C40H76O17P2. The summed E-state index contributed by atoms with van der Waals surface area (Å²) < 4.78 is 64.7. The number of rotatable bonds is 41. The van der Waals surface area contributed by atoms with Gasteiger partial charge in [0.15, 0.2) is 12.2 Å². The number of ether oxygens (including phenoxy) is 4. The third kappa shape index (κ3) is 37.5. The number of carbonyl (C=O) groups is 4. The van der Waals surface area contributed by atoms with Gasteiger partial charge in [0.1, 0.15) is 19.3 Å². The van der Waals surface area contributed by atoms with Crippen molar-refractivity contribution < 1.29 is 80.2 Å². The highest BCUT2D eigenvalue weighted by Crippen LogP contribution is 2.45. The van der Waals surface area contributed by atoms with Crippen LogP contribution in [-0.4, -0.2) is 96.7 Å². The quantitative estimate of drug-likeness (QED) is 0.0225. The molecule has 59 heavy (non-hydrogen) atoms. The normalized spacial score (nSPS) is 15.0. The van der Waals surface area contributed by atoms with E-state index in [1.54, 1.807) is 0 Å². The summed E-state index contributed by atoms with van der Waals surface area (Å²) in [5.74, 6) is -2.42. The lowest BCUT2D eigenvalue weighted by Gasteiger charge is -2.21. The zero-order valence-corrected chi connectivity index (χ0v) is 38.0. The third-order valence-electron chi connectivity index (χ3n) is 8.90. The van der Waals surface area contributed by atoms with Crippen molar-refractivity contribution in [2.75, 3.05) is 39.6 Å². The predicted octanol–water partition coefficient (Wildman–Crippen LogP) is 8.58. The van der Waals surface area contributed by atoms with Gasteiger partial charge in [-0.25, -0.2) is 9.13 Å². The number of aliphatic hydroxyl groups excluding tert-OH is 1. The monoisotopic (exact) mass is 890 g/mol. The van der Waals surface area contributed by atoms with E-state index >= 15 is 0 Å². The van der Waals surface area contributed by atoms with Gasteiger partial charge in [0.05, 0.1) is 26.4 Å². The minimum atomic E-state index is -4.89. The molecule has 0 spiro atoms. The van der Waals surface area contributed by atoms with Gasteiger partial charge in [0.25, 0.3) is 0 Å². The molecule has 17 nitrogen and oxygen atoms in total. The van der Waals surface area contributed by atoms with Crippen LogP contribution in [0.4, 0.5) is 0 Å². The Morgan fingerprint density at radius 3 is 1.19 bits per heavy atom. The van der Waals surface area contributed by atoms with Crippen molar-refractivity contribution in [3.63, 3.8) is 0 Å². The zero-order valence-electron chi connectivity index (χ0n) is 36.2. The SMILES string of the molecule is CCCCCCCCCCCCCCCCCC(=O)OC[C@H](COP(=O)(O)OC[C@H](O)COP(=O)(O)OC[C@@H](COC(=O)CCCC)OC(C)=O)OC(=O)CCCCC. The van der Waals surface area contributed by atoms with Crippen LogP contribution in [0.2, 0.25) is 0 Å². The molecule has 0 amide bonds. The Kier molecular flexibility index (Phi) is 35.5. The topological polar surface area (TPSA) is 237 Å². The maximum atomic E-state index is 12.6. The van der Waals surface area contributed by atoms with Gasteiger partial charge < -0.3 is 33.8 Å². The van der Waals surface area contributed by atoms with Crippen molar-refractivity contribution >= 4 is 39.5 Å². The van der Waals surface area contributed by atoms with Crippen LogP contribution >= 0.6 is 15.6 Å². The van der Waals surface area contributed by atoms with Gasteiger partial charge in [0, 0.05) is 26.2 Å². The molecule has 0 bridgehead atoms. The Morgan fingerprint density at radius 2 is 0.763 bits per heavy atom. The lowest BCUT2D eigenvalue weighted by Crippen LogP contribution is -2.30. The van der Waals surface area contributed by atoms with E-state index in [0.717, 1.165) is 45.4 Å². The highest BCUT2D eigenvalue weighted by atomic mass is 31.2. The minimum absolute atomic E-state index is 0.0895. The number of hydrogen-bond acceptors (Lipinski definition) is 15. The average molecular weight is 891 g/mol. The number of aliphatic hydroxyl groups is 1. The van der Waals surface area contributed by atoms with Crippen molar-refractivity contribution in [2.24, 2.45) is 0 Å². The van der Waals surface area contributed by atoms with Gasteiger partial charge in [-0.05, 0) is 19.3 Å². The molecule has 348 valence electrons. The van der Waals surface area contributed by atoms with Crippen LogP contribution in [0.1, 0.15) is 175 Å². The molecule has 0 heterocycles. The van der Waals surface area contributed by atoms with Crippen LogP contribution in [0, 0.1) is 0 Å². The smallest absolute Gasteiger partial charge is 0.462 e. The highest BCUT2D eigenvalue weighted by molar-refractivity contribution is 7.47. The summed E-state index contributed by atoms with van der Waals surface area (Å²) in [5.41, 5.74) is 0. The molecule has 3 N–H and O–H groups in total. The predicted molar refractivity (Wildman–Crippen MR) is 220 cm³/mol. The molecule has 5 atom stereocenters. The fourth-order valence-electron chi connectivity index (χ4n) is 5.55. The van der Waals surface area contributed by atoms with Crippen molar-refractivity contribution in [1.29, 1.82) is 0 Å². The largest absolute Gasteiger partial charge is 0.472 e. The summed E-state index contributed by atoms with van der Waals surface area (Å²) in [6.45, 7) is 3.15. The third-order valence-corrected chi connectivity index (χ3v) is 10.8. The van der Waals surface area contributed by atoms with Crippen molar-refractivity contribution in [2.45, 2.75) is 194 Å². The van der Waals surface area contributed by atoms with Crippen LogP contribution < -0.4 is 0 Å². The Bertz CT molecular complexity index is 1200. The molecule has 0 fully saturated rings.